The van der Waals surface area contributed by atoms with Crippen LogP contribution in [-0.2, 0) is 6.54 Å². The first-order valence-electron chi connectivity index (χ1n) is 9.34. The van der Waals surface area contributed by atoms with Crippen LogP contribution in [0.2, 0.25) is 5.02 Å². The van der Waals surface area contributed by atoms with Gasteiger partial charge in [0.1, 0.15) is 5.75 Å². The standard InChI is InChI=1S/C21H23ClN4O2/c1-3-26-17-8-5-9-19(28-2)15(17)11-18(26)16-12-20(25-24-16)23-21(27)13-6-4-7-14(22)10-13/h4-11,16,20,24-25H,3,12H2,1-2H3,(H,23,27). The second-order valence-corrected chi connectivity index (χ2v) is 7.26. The molecule has 2 unspecified atom stereocenters. The molecule has 7 heteroatoms. The van der Waals surface area contributed by atoms with E-state index >= 15 is 0 Å². The summed E-state index contributed by atoms with van der Waals surface area (Å²) in [6.45, 7) is 2.98. The maximum absolute atomic E-state index is 12.5. The highest BCUT2D eigenvalue weighted by Gasteiger charge is 2.29. The first-order valence-corrected chi connectivity index (χ1v) is 9.72. The topological polar surface area (TPSA) is 67.3 Å². The number of aromatic nitrogens is 1. The molecule has 1 aromatic heterocycles. The first kappa shape index (κ1) is 18.8. The lowest BCUT2D eigenvalue weighted by molar-refractivity contribution is 0.0932. The fraction of sp³-hybridized carbons (Fsp3) is 0.286. The number of aryl methyl sites for hydroxylation is 1. The molecule has 1 fully saturated rings. The summed E-state index contributed by atoms with van der Waals surface area (Å²) in [6, 6.07) is 15.3. The van der Waals surface area contributed by atoms with Crippen LogP contribution in [-0.4, -0.2) is 23.7 Å². The molecule has 0 bridgehead atoms. The minimum Gasteiger partial charge on any atom is -0.496 e. The Labute approximate surface area is 168 Å². The first-order chi connectivity index (χ1) is 13.6. The Morgan fingerprint density at radius 2 is 2.07 bits per heavy atom. The quantitative estimate of drug-likeness (QED) is 0.614. The van der Waals surface area contributed by atoms with Crippen LogP contribution in [0.25, 0.3) is 10.9 Å². The van der Waals surface area contributed by atoms with Gasteiger partial charge in [-0.25, -0.2) is 10.9 Å². The summed E-state index contributed by atoms with van der Waals surface area (Å²) in [5.74, 6) is 0.711. The van der Waals surface area contributed by atoms with Crippen molar-refractivity contribution < 1.29 is 9.53 Å². The number of carbonyl (C=O) groups is 1. The highest BCUT2D eigenvalue weighted by atomic mass is 35.5. The molecule has 2 aromatic carbocycles. The number of nitrogens with one attached hydrogen (secondary N) is 3. The average Bonchev–Trinajstić information content (AvgIpc) is 3.31. The van der Waals surface area contributed by atoms with Crippen molar-refractivity contribution in [2.75, 3.05) is 7.11 Å². The van der Waals surface area contributed by atoms with Crippen LogP contribution in [0.4, 0.5) is 0 Å². The largest absolute Gasteiger partial charge is 0.496 e. The van der Waals surface area contributed by atoms with Gasteiger partial charge in [-0.05, 0) is 43.3 Å². The Kier molecular flexibility index (Phi) is 5.26. The van der Waals surface area contributed by atoms with Gasteiger partial charge < -0.3 is 14.6 Å². The molecule has 6 nitrogen and oxygen atoms in total. The summed E-state index contributed by atoms with van der Waals surface area (Å²) < 4.78 is 7.79. The number of benzene rings is 2. The number of hydrogen-bond acceptors (Lipinski definition) is 4. The number of hydrogen-bond donors (Lipinski definition) is 3. The van der Waals surface area contributed by atoms with Gasteiger partial charge in [0.25, 0.3) is 5.91 Å². The molecule has 1 amide bonds. The molecule has 3 aromatic rings. The van der Waals surface area contributed by atoms with Gasteiger partial charge in [-0.2, -0.15) is 0 Å². The number of fused-ring (bicyclic) bond motifs is 1. The third-order valence-corrected chi connectivity index (χ3v) is 5.36. The fourth-order valence-corrected chi connectivity index (χ4v) is 4.00. The molecule has 0 spiro atoms. The van der Waals surface area contributed by atoms with Crippen molar-refractivity contribution in [3.63, 3.8) is 0 Å². The average molecular weight is 399 g/mol. The van der Waals surface area contributed by atoms with E-state index in [4.69, 9.17) is 16.3 Å². The monoisotopic (exact) mass is 398 g/mol. The highest BCUT2D eigenvalue weighted by Crippen LogP contribution is 2.33. The highest BCUT2D eigenvalue weighted by molar-refractivity contribution is 6.30. The number of ether oxygens (including phenoxy) is 1. The molecule has 28 heavy (non-hydrogen) atoms. The maximum atomic E-state index is 12.5. The Morgan fingerprint density at radius 1 is 1.25 bits per heavy atom. The lowest BCUT2D eigenvalue weighted by atomic mass is 10.1. The second-order valence-electron chi connectivity index (χ2n) is 6.82. The molecule has 0 aliphatic carbocycles. The molecule has 1 saturated heterocycles. The van der Waals surface area contributed by atoms with Crippen LogP contribution >= 0.6 is 11.6 Å². The van der Waals surface area contributed by atoms with Gasteiger partial charge >= 0.3 is 0 Å². The summed E-state index contributed by atoms with van der Waals surface area (Å²) in [7, 11) is 1.69. The van der Waals surface area contributed by atoms with Crippen molar-refractivity contribution in [3.8, 4) is 5.75 Å². The minimum atomic E-state index is -0.179. The molecular formula is C21H23ClN4O2. The number of hydrazine groups is 1. The van der Waals surface area contributed by atoms with E-state index in [1.165, 1.54) is 0 Å². The van der Waals surface area contributed by atoms with Crippen LogP contribution in [0.15, 0.2) is 48.5 Å². The Hall–Kier alpha value is -2.54. The number of rotatable bonds is 5. The smallest absolute Gasteiger partial charge is 0.252 e. The number of amides is 1. The van der Waals surface area contributed by atoms with E-state index in [0.717, 1.165) is 35.3 Å². The van der Waals surface area contributed by atoms with Crippen molar-refractivity contribution in [1.29, 1.82) is 0 Å². The third-order valence-electron chi connectivity index (χ3n) is 5.13. The molecular weight excluding hydrogens is 376 g/mol. The fourth-order valence-electron chi connectivity index (χ4n) is 3.81. The van der Waals surface area contributed by atoms with E-state index in [-0.39, 0.29) is 18.1 Å². The number of nitrogens with zero attached hydrogens (tertiary/aromatic N) is 1. The van der Waals surface area contributed by atoms with Crippen molar-refractivity contribution in [2.24, 2.45) is 0 Å². The minimum absolute atomic E-state index is 0.0710. The maximum Gasteiger partial charge on any atom is 0.252 e. The predicted octanol–water partition coefficient (Wildman–Crippen LogP) is 3.62. The Morgan fingerprint density at radius 3 is 2.82 bits per heavy atom. The van der Waals surface area contributed by atoms with Gasteiger partial charge in [0.2, 0.25) is 0 Å². The van der Waals surface area contributed by atoms with E-state index in [0.29, 0.717) is 10.6 Å². The predicted molar refractivity (Wildman–Crippen MR) is 110 cm³/mol. The van der Waals surface area contributed by atoms with Crippen LogP contribution in [0, 0.1) is 0 Å². The van der Waals surface area contributed by atoms with E-state index < -0.39 is 0 Å². The van der Waals surface area contributed by atoms with E-state index in [9.17, 15) is 4.79 Å². The second kappa shape index (κ2) is 7.83. The Balaban J connectivity index is 1.53. The summed E-state index contributed by atoms with van der Waals surface area (Å²) in [5, 5.41) is 4.65. The summed E-state index contributed by atoms with van der Waals surface area (Å²) in [6.07, 6.45) is 0.548. The van der Waals surface area contributed by atoms with Crippen molar-refractivity contribution in [2.45, 2.75) is 32.1 Å². The summed E-state index contributed by atoms with van der Waals surface area (Å²) in [4.78, 5) is 12.5. The molecule has 146 valence electrons. The van der Waals surface area contributed by atoms with E-state index in [1.807, 2.05) is 12.1 Å². The van der Waals surface area contributed by atoms with E-state index in [2.05, 4.69) is 39.8 Å². The van der Waals surface area contributed by atoms with Gasteiger partial charge in [0, 0.05) is 34.6 Å². The van der Waals surface area contributed by atoms with Crippen LogP contribution in [0.3, 0.4) is 0 Å². The lowest BCUT2D eigenvalue weighted by Crippen LogP contribution is -2.44. The van der Waals surface area contributed by atoms with Gasteiger partial charge in [0.05, 0.1) is 24.8 Å². The normalized spacial score (nSPS) is 19.1. The van der Waals surface area contributed by atoms with Gasteiger partial charge in [-0.3, -0.25) is 4.79 Å². The van der Waals surface area contributed by atoms with E-state index in [1.54, 1.807) is 31.4 Å². The molecule has 3 N–H and O–H groups in total. The van der Waals surface area contributed by atoms with Gasteiger partial charge in [0.15, 0.2) is 0 Å². The third kappa shape index (κ3) is 3.46. The molecule has 1 aliphatic rings. The SMILES string of the molecule is CCn1c(C2CC(NC(=O)c3cccc(Cl)c3)NN2)cc2c(OC)cccc21. The van der Waals surface area contributed by atoms with Crippen molar-refractivity contribution in [1.82, 2.24) is 20.7 Å². The summed E-state index contributed by atoms with van der Waals surface area (Å²) >= 11 is 5.98. The molecule has 2 heterocycles. The number of carbonyl (C=O) groups excluding carboxylic acids is 1. The van der Waals surface area contributed by atoms with Crippen LogP contribution in [0.5, 0.6) is 5.75 Å². The van der Waals surface area contributed by atoms with Crippen LogP contribution < -0.4 is 20.9 Å². The van der Waals surface area contributed by atoms with Crippen molar-refractivity contribution >= 4 is 28.4 Å². The molecule has 4 rings (SSSR count). The zero-order valence-electron chi connectivity index (χ0n) is 15.8. The molecule has 1 aliphatic heterocycles. The molecule has 0 radical (unpaired) electrons. The number of methoxy groups -OCH3 is 1. The zero-order chi connectivity index (χ0) is 19.7. The lowest BCUT2D eigenvalue weighted by Gasteiger charge is -2.14. The molecule has 0 saturated carbocycles. The summed E-state index contributed by atoms with van der Waals surface area (Å²) in [5.41, 5.74) is 9.35. The van der Waals surface area contributed by atoms with Crippen LogP contribution in [0.1, 0.15) is 35.4 Å². The zero-order valence-corrected chi connectivity index (χ0v) is 16.6. The Bertz CT molecular complexity index is 1020. The molecule has 2 atom stereocenters. The van der Waals surface area contributed by atoms with Gasteiger partial charge in [-0.1, -0.05) is 23.7 Å². The van der Waals surface area contributed by atoms with Gasteiger partial charge in [-0.15, -0.1) is 0 Å². The van der Waals surface area contributed by atoms with Crippen molar-refractivity contribution in [3.05, 3.63) is 64.8 Å². The number of halogens is 1.